The molecule has 0 aliphatic carbocycles. The van der Waals surface area contributed by atoms with Crippen molar-refractivity contribution in [2.45, 2.75) is 31.5 Å². The van der Waals surface area contributed by atoms with Crippen LogP contribution in [0.15, 0.2) is 60.8 Å². The Labute approximate surface area is 218 Å². The van der Waals surface area contributed by atoms with Crippen LogP contribution in [0.4, 0.5) is 54.4 Å². The summed E-state index contributed by atoms with van der Waals surface area (Å²) in [5.74, 6) is -3.54. The summed E-state index contributed by atoms with van der Waals surface area (Å²) in [5, 5.41) is 11.6. The van der Waals surface area contributed by atoms with E-state index in [4.69, 9.17) is 9.90 Å². The van der Waals surface area contributed by atoms with Crippen LogP contribution < -0.4 is 10.6 Å². The number of aliphatic carboxylic acids is 1. The molecular formula is C24H17F10N3O3. The van der Waals surface area contributed by atoms with Crippen molar-refractivity contribution in [3.63, 3.8) is 0 Å². The van der Waals surface area contributed by atoms with E-state index in [1.807, 2.05) is 0 Å². The SMILES string of the molecule is Cc1ccc(F)c(NC(=O)N[C@@H](c2ccc(C(F)(F)F)cc2)c2ncccc2C(F)(F)F)c1.O=C(O)C(F)(F)F. The number of carbonyl (C=O) groups excluding carboxylic acids is 1. The minimum atomic E-state index is -5.08. The number of pyridine rings is 1. The third kappa shape index (κ3) is 8.84. The second-order valence-corrected chi connectivity index (χ2v) is 7.87. The van der Waals surface area contributed by atoms with Crippen LogP contribution in [0.25, 0.3) is 0 Å². The monoisotopic (exact) mass is 585 g/mol. The Kier molecular flexibility index (Phi) is 9.72. The molecule has 0 fully saturated rings. The number of carbonyl (C=O) groups is 2. The number of aromatic nitrogens is 1. The molecule has 0 spiro atoms. The molecule has 0 bridgehead atoms. The van der Waals surface area contributed by atoms with Gasteiger partial charge in [0.05, 0.1) is 28.6 Å². The number of nitrogens with zero attached hydrogens (tertiary/aromatic N) is 1. The molecule has 2 aromatic carbocycles. The Hall–Kier alpha value is -4.37. The van der Waals surface area contributed by atoms with Crippen LogP contribution >= 0.6 is 0 Å². The molecule has 16 heteroatoms. The molecule has 1 atom stereocenters. The molecule has 0 unspecified atom stereocenters. The van der Waals surface area contributed by atoms with E-state index in [1.165, 1.54) is 12.1 Å². The van der Waals surface area contributed by atoms with E-state index < -0.39 is 59.2 Å². The fraction of sp³-hybridized carbons (Fsp3) is 0.208. The topological polar surface area (TPSA) is 91.3 Å². The molecule has 40 heavy (non-hydrogen) atoms. The van der Waals surface area contributed by atoms with E-state index in [0.717, 1.165) is 36.5 Å². The Balaban J connectivity index is 0.000000708. The predicted molar refractivity (Wildman–Crippen MR) is 120 cm³/mol. The summed E-state index contributed by atoms with van der Waals surface area (Å²) in [5.41, 5.74) is -2.55. The van der Waals surface area contributed by atoms with Crippen molar-refractivity contribution in [1.29, 1.82) is 0 Å². The standard InChI is InChI=1S/C22H16F7N3O.C2HF3O2/c1-12-4-9-16(23)17(11-12)31-20(33)32-18(13-5-7-14(8-6-13)21(24,25)26)19-15(22(27,28)29)3-2-10-30-19;3-2(4,5)1(6)7/h2-11,18H,1H3,(H2,31,32,33);(H,6,7)/t18-;/m0./s1. The Morgan fingerprint density at radius 2 is 1.45 bits per heavy atom. The van der Waals surface area contributed by atoms with Gasteiger partial charge in [0.15, 0.2) is 0 Å². The van der Waals surface area contributed by atoms with E-state index in [2.05, 4.69) is 15.6 Å². The lowest BCUT2D eigenvalue weighted by molar-refractivity contribution is -0.192. The summed E-state index contributed by atoms with van der Waals surface area (Å²) >= 11 is 0. The fourth-order valence-electron chi connectivity index (χ4n) is 3.09. The van der Waals surface area contributed by atoms with Gasteiger partial charge in [-0.25, -0.2) is 14.0 Å². The lowest BCUT2D eigenvalue weighted by Gasteiger charge is -2.23. The summed E-state index contributed by atoms with van der Waals surface area (Å²) < 4.78 is 125. The van der Waals surface area contributed by atoms with Gasteiger partial charge in [0.1, 0.15) is 5.82 Å². The van der Waals surface area contributed by atoms with Gasteiger partial charge in [-0.3, -0.25) is 4.98 Å². The molecule has 3 aromatic rings. The molecule has 1 heterocycles. The average molecular weight is 585 g/mol. The maximum absolute atomic E-state index is 14.0. The first-order valence-corrected chi connectivity index (χ1v) is 10.6. The van der Waals surface area contributed by atoms with Crippen molar-refractivity contribution < 1.29 is 58.6 Å². The Bertz CT molecular complexity index is 1340. The minimum absolute atomic E-state index is 0.0907. The van der Waals surface area contributed by atoms with Gasteiger partial charge in [-0.1, -0.05) is 18.2 Å². The number of nitrogens with one attached hydrogen (secondary N) is 2. The zero-order chi connectivity index (χ0) is 30.5. The number of hydrogen-bond donors (Lipinski definition) is 3. The molecular weight excluding hydrogens is 568 g/mol. The highest BCUT2D eigenvalue weighted by atomic mass is 19.4. The van der Waals surface area contributed by atoms with Crippen LogP contribution in [-0.4, -0.2) is 28.3 Å². The molecule has 3 N–H and O–H groups in total. The number of alkyl halides is 9. The average Bonchev–Trinajstić information content (AvgIpc) is 2.84. The minimum Gasteiger partial charge on any atom is -0.475 e. The van der Waals surface area contributed by atoms with Gasteiger partial charge in [0, 0.05) is 6.20 Å². The lowest BCUT2D eigenvalue weighted by Crippen LogP contribution is -2.35. The first-order valence-electron chi connectivity index (χ1n) is 10.6. The Morgan fingerprint density at radius 1 is 0.875 bits per heavy atom. The highest BCUT2D eigenvalue weighted by Crippen LogP contribution is 2.36. The van der Waals surface area contributed by atoms with Gasteiger partial charge in [-0.2, -0.15) is 39.5 Å². The van der Waals surface area contributed by atoms with Crippen LogP contribution in [0.3, 0.4) is 0 Å². The number of benzene rings is 2. The molecule has 0 aliphatic heterocycles. The van der Waals surface area contributed by atoms with Gasteiger partial charge >= 0.3 is 30.5 Å². The van der Waals surface area contributed by atoms with Gasteiger partial charge in [0.2, 0.25) is 0 Å². The first kappa shape index (κ1) is 31.8. The zero-order valence-electron chi connectivity index (χ0n) is 19.8. The summed E-state index contributed by atoms with van der Waals surface area (Å²) in [6.07, 6.45) is -13.5. The van der Waals surface area contributed by atoms with Crippen LogP contribution in [0.2, 0.25) is 0 Å². The number of aryl methyl sites for hydroxylation is 1. The number of urea groups is 1. The highest BCUT2D eigenvalue weighted by Gasteiger charge is 2.39. The molecule has 0 saturated carbocycles. The predicted octanol–water partition coefficient (Wildman–Crippen LogP) is 7.11. The third-order valence-electron chi connectivity index (χ3n) is 4.88. The van der Waals surface area contributed by atoms with Crippen LogP contribution in [0, 0.1) is 12.7 Å². The van der Waals surface area contributed by atoms with Crippen LogP contribution in [-0.2, 0) is 17.1 Å². The van der Waals surface area contributed by atoms with E-state index >= 15 is 0 Å². The molecule has 1 aromatic heterocycles. The van der Waals surface area contributed by atoms with Gasteiger partial charge < -0.3 is 15.7 Å². The third-order valence-corrected chi connectivity index (χ3v) is 4.88. The summed E-state index contributed by atoms with van der Waals surface area (Å²) in [6.45, 7) is 1.64. The summed E-state index contributed by atoms with van der Waals surface area (Å²) in [4.78, 5) is 25.2. The van der Waals surface area contributed by atoms with E-state index in [0.29, 0.717) is 17.7 Å². The largest absolute Gasteiger partial charge is 0.490 e. The molecule has 3 rings (SSSR count). The number of rotatable bonds is 4. The van der Waals surface area contributed by atoms with Crippen molar-refractivity contribution in [1.82, 2.24) is 10.3 Å². The Morgan fingerprint density at radius 3 is 1.95 bits per heavy atom. The number of amides is 2. The first-order chi connectivity index (χ1) is 18.3. The molecule has 0 radical (unpaired) electrons. The van der Waals surface area contributed by atoms with Gasteiger partial charge in [-0.15, -0.1) is 0 Å². The number of anilines is 1. The quantitative estimate of drug-likeness (QED) is 0.285. The van der Waals surface area contributed by atoms with Crippen molar-refractivity contribution in [2.24, 2.45) is 0 Å². The van der Waals surface area contributed by atoms with E-state index in [-0.39, 0.29) is 11.3 Å². The van der Waals surface area contributed by atoms with Crippen molar-refractivity contribution in [3.8, 4) is 0 Å². The molecule has 0 aliphatic rings. The number of hydrogen-bond acceptors (Lipinski definition) is 3. The van der Waals surface area contributed by atoms with Crippen LogP contribution in [0.5, 0.6) is 0 Å². The van der Waals surface area contributed by atoms with Gasteiger partial charge in [-0.05, 0) is 54.4 Å². The number of halogens is 10. The molecule has 0 saturated heterocycles. The lowest BCUT2D eigenvalue weighted by atomic mass is 9.98. The second-order valence-electron chi connectivity index (χ2n) is 7.87. The maximum atomic E-state index is 14.0. The normalized spacial score (nSPS) is 12.6. The van der Waals surface area contributed by atoms with Crippen molar-refractivity contribution in [3.05, 3.63) is 94.6 Å². The molecule has 216 valence electrons. The van der Waals surface area contributed by atoms with Crippen molar-refractivity contribution >= 4 is 17.7 Å². The zero-order valence-corrected chi connectivity index (χ0v) is 19.8. The van der Waals surface area contributed by atoms with Crippen molar-refractivity contribution in [2.75, 3.05) is 5.32 Å². The highest BCUT2D eigenvalue weighted by molar-refractivity contribution is 5.90. The summed E-state index contributed by atoms with van der Waals surface area (Å²) in [6, 6.07) is 6.21. The van der Waals surface area contributed by atoms with E-state index in [1.54, 1.807) is 6.92 Å². The molecule has 2 amide bonds. The van der Waals surface area contributed by atoms with Gasteiger partial charge in [0.25, 0.3) is 0 Å². The summed E-state index contributed by atoms with van der Waals surface area (Å²) in [7, 11) is 0. The van der Waals surface area contributed by atoms with Crippen LogP contribution in [0.1, 0.15) is 34.0 Å². The molecule has 6 nitrogen and oxygen atoms in total. The van der Waals surface area contributed by atoms with E-state index in [9.17, 15) is 48.7 Å². The smallest absolute Gasteiger partial charge is 0.475 e. The second kappa shape index (κ2) is 12.2. The fourth-order valence-corrected chi connectivity index (χ4v) is 3.09. The number of carboxylic acid groups (broad SMARTS) is 1. The maximum Gasteiger partial charge on any atom is 0.490 e. The number of carboxylic acids is 1.